The second-order valence-corrected chi connectivity index (χ2v) is 6.91. The first-order chi connectivity index (χ1) is 12.8. The van der Waals surface area contributed by atoms with Crippen LogP contribution in [0.3, 0.4) is 0 Å². The molecule has 3 heterocycles. The number of benzene rings is 1. The van der Waals surface area contributed by atoms with Gasteiger partial charge in [-0.05, 0) is 18.6 Å². The highest BCUT2D eigenvalue weighted by Crippen LogP contribution is 2.24. The molecule has 0 N–H and O–H groups in total. The number of aryl methyl sites for hydroxylation is 1. The highest BCUT2D eigenvalue weighted by atomic mass is 16.5. The highest BCUT2D eigenvalue weighted by Gasteiger charge is 2.28. The van der Waals surface area contributed by atoms with Crippen molar-refractivity contribution in [1.82, 2.24) is 19.4 Å². The topological polar surface area (TPSA) is 53.8 Å². The van der Waals surface area contributed by atoms with Gasteiger partial charge in [0.05, 0.1) is 24.2 Å². The number of amides is 2. The molecule has 2 aliphatic rings. The van der Waals surface area contributed by atoms with E-state index in [9.17, 15) is 4.79 Å². The number of rotatable bonds is 3. The lowest BCUT2D eigenvalue weighted by Crippen LogP contribution is -2.55. The summed E-state index contributed by atoms with van der Waals surface area (Å²) in [6.45, 7) is 8.97. The van der Waals surface area contributed by atoms with Crippen molar-refractivity contribution >= 4 is 23.0 Å². The Morgan fingerprint density at radius 1 is 1.04 bits per heavy atom. The molecule has 0 bridgehead atoms. The number of carbonyl (C=O) groups excluding carboxylic acids is 1. The minimum absolute atomic E-state index is 0.148. The molecule has 0 unspecified atom stereocenters. The van der Waals surface area contributed by atoms with Gasteiger partial charge in [-0.3, -0.25) is 0 Å². The van der Waals surface area contributed by atoms with Crippen LogP contribution < -0.4 is 4.90 Å². The van der Waals surface area contributed by atoms with Gasteiger partial charge in [0.15, 0.2) is 0 Å². The van der Waals surface area contributed by atoms with Crippen LogP contribution in [0.4, 0.5) is 10.7 Å². The molecular weight excluding hydrogens is 330 g/mol. The van der Waals surface area contributed by atoms with Crippen LogP contribution >= 0.6 is 0 Å². The largest absolute Gasteiger partial charge is 0.378 e. The summed E-state index contributed by atoms with van der Waals surface area (Å²) in [5.74, 6) is 1.03. The summed E-state index contributed by atoms with van der Waals surface area (Å²) in [5.41, 5.74) is 2.24. The van der Waals surface area contributed by atoms with Crippen molar-refractivity contribution in [2.45, 2.75) is 19.9 Å². The Morgan fingerprint density at radius 2 is 1.73 bits per heavy atom. The van der Waals surface area contributed by atoms with Crippen molar-refractivity contribution in [3.63, 3.8) is 0 Å². The average molecular weight is 357 g/mol. The average Bonchev–Trinajstić information content (AvgIpc) is 3.07. The molecule has 4 rings (SSSR count). The third-order valence-electron chi connectivity index (χ3n) is 5.20. The van der Waals surface area contributed by atoms with E-state index in [2.05, 4.69) is 34.6 Å². The molecule has 140 valence electrons. The van der Waals surface area contributed by atoms with Crippen molar-refractivity contribution in [2.24, 2.45) is 0 Å². The van der Waals surface area contributed by atoms with Gasteiger partial charge in [-0.2, -0.15) is 0 Å². The third kappa shape index (κ3) is 3.23. The van der Waals surface area contributed by atoms with Crippen LogP contribution in [-0.2, 0) is 11.3 Å². The summed E-state index contributed by atoms with van der Waals surface area (Å²) in [4.78, 5) is 23.7. The molecule has 0 aliphatic carbocycles. The van der Waals surface area contributed by atoms with E-state index in [1.807, 2.05) is 15.9 Å². The lowest BCUT2D eigenvalue weighted by molar-refractivity contribution is 0.0428. The molecule has 2 saturated heterocycles. The summed E-state index contributed by atoms with van der Waals surface area (Å²) < 4.78 is 7.66. The van der Waals surface area contributed by atoms with Crippen LogP contribution in [0, 0.1) is 0 Å². The first-order valence-electron chi connectivity index (χ1n) is 9.59. The van der Waals surface area contributed by atoms with E-state index < -0.39 is 0 Å². The molecule has 2 amide bonds. The summed E-state index contributed by atoms with van der Waals surface area (Å²) in [5, 5.41) is 0. The van der Waals surface area contributed by atoms with Crippen LogP contribution in [0.2, 0.25) is 0 Å². The van der Waals surface area contributed by atoms with Crippen molar-refractivity contribution in [3.8, 4) is 0 Å². The van der Waals surface area contributed by atoms with Crippen molar-refractivity contribution < 1.29 is 9.53 Å². The molecule has 0 spiro atoms. The zero-order valence-electron chi connectivity index (χ0n) is 15.4. The molecular formula is C19H27N5O2. The number of morpholine rings is 1. The number of hydrogen-bond donors (Lipinski definition) is 0. The summed E-state index contributed by atoms with van der Waals surface area (Å²) in [6.07, 6.45) is 1.07. The molecule has 7 nitrogen and oxygen atoms in total. The van der Waals surface area contributed by atoms with E-state index in [-0.39, 0.29) is 6.03 Å². The lowest BCUT2D eigenvalue weighted by Gasteiger charge is -2.38. The van der Waals surface area contributed by atoms with Gasteiger partial charge < -0.3 is 24.0 Å². The van der Waals surface area contributed by atoms with Gasteiger partial charge in [0, 0.05) is 45.8 Å². The fourth-order valence-electron chi connectivity index (χ4n) is 3.80. The third-order valence-corrected chi connectivity index (χ3v) is 5.20. The quantitative estimate of drug-likeness (QED) is 0.843. The molecule has 2 aliphatic heterocycles. The number of urea groups is 1. The zero-order chi connectivity index (χ0) is 17.9. The number of aromatic nitrogens is 2. The second-order valence-electron chi connectivity index (χ2n) is 6.91. The monoisotopic (exact) mass is 357 g/mol. The van der Waals surface area contributed by atoms with Crippen LogP contribution in [-0.4, -0.2) is 77.9 Å². The van der Waals surface area contributed by atoms with E-state index >= 15 is 0 Å². The van der Waals surface area contributed by atoms with Gasteiger partial charge in [-0.15, -0.1) is 0 Å². The molecule has 0 radical (unpaired) electrons. The molecule has 1 aromatic carbocycles. The Balaban J connectivity index is 1.47. The van der Waals surface area contributed by atoms with Crippen molar-refractivity contribution in [2.75, 3.05) is 57.4 Å². The maximum Gasteiger partial charge on any atom is 0.320 e. The normalized spacial score (nSPS) is 18.6. The fourth-order valence-corrected chi connectivity index (χ4v) is 3.80. The number of hydrogen-bond acceptors (Lipinski definition) is 4. The summed E-state index contributed by atoms with van der Waals surface area (Å²) >= 11 is 0. The number of piperazine rings is 1. The number of anilines is 1. The predicted molar refractivity (Wildman–Crippen MR) is 102 cm³/mol. The van der Waals surface area contributed by atoms with Crippen LogP contribution in [0.1, 0.15) is 13.3 Å². The Hall–Kier alpha value is -2.28. The van der Waals surface area contributed by atoms with Crippen LogP contribution in [0.25, 0.3) is 11.0 Å². The van der Waals surface area contributed by atoms with Gasteiger partial charge in [0.2, 0.25) is 5.95 Å². The Labute approximate surface area is 154 Å². The molecule has 0 saturated carbocycles. The number of nitrogens with zero attached hydrogens (tertiary/aromatic N) is 5. The maximum atomic E-state index is 12.7. The Bertz CT molecular complexity index is 760. The first kappa shape index (κ1) is 17.1. The number of fused-ring (bicyclic) bond motifs is 1. The van der Waals surface area contributed by atoms with Gasteiger partial charge in [-0.1, -0.05) is 19.1 Å². The molecule has 26 heavy (non-hydrogen) atoms. The van der Waals surface area contributed by atoms with E-state index in [1.165, 1.54) is 5.52 Å². The fraction of sp³-hybridized carbons (Fsp3) is 0.579. The number of para-hydroxylation sites is 2. The smallest absolute Gasteiger partial charge is 0.320 e. The van der Waals surface area contributed by atoms with Crippen LogP contribution in [0.5, 0.6) is 0 Å². The number of imidazole rings is 1. The standard InChI is InChI=1S/C19H27N5O2/c1-2-7-24-17-6-4-3-5-16(17)20-18(24)21-8-10-22(11-9-21)19(25)23-12-14-26-15-13-23/h3-6H,2,7-15H2,1H3. The van der Waals surface area contributed by atoms with E-state index in [0.29, 0.717) is 26.3 Å². The van der Waals surface area contributed by atoms with Crippen molar-refractivity contribution in [1.29, 1.82) is 0 Å². The van der Waals surface area contributed by atoms with E-state index in [0.717, 1.165) is 50.6 Å². The highest BCUT2D eigenvalue weighted by molar-refractivity contribution is 5.79. The van der Waals surface area contributed by atoms with Crippen LogP contribution in [0.15, 0.2) is 24.3 Å². The van der Waals surface area contributed by atoms with Gasteiger partial charge >= 0.3 is 6.03 Å². The van der Waals surface area contributed by atoms with E-state index in [1.54, 1.807) is 0 Å². The summed E-state index contributed by atoms with van der Waals surface area (Å²) in [6, 6.07) is 8.46. The lowest BCUT2D eigenvalue weighted by atomic mass is 10.3. The van der Waals surface area contributed by atoms with E-state index in [4.69, 9.17) is 9.72 Å². The van der Waals surface area contributed by atoms with Gasteiger partial charge in [-0.25, -0.2) is 9.78 Å². The molecule has 7 heteroatoms. The maximum absolute atomic E-state index is 12.7. The number of ether oxygens (including phenoxy) is 1. The van der Waals surface area contributed by atoms with Crippen molar-refractivity contribution in [3.05, 3.63) is 24.3 Å². The molecule has 0 atom stereocenters. The zero-order valence-corrected chi connectivity index (χ0v) is 15.4. The van der Waals surface area contributed by atoms with Gasteiger partial charge in [0.1, 0.15) is 0 Å². The van der Waals surface area contributed by atoms with Gasteiger partial charge in [0.25, 0.3) is 0 Å². The number of carbonyl (C=O) groups is 1. The molecule has 2 fully saturated rings. The Kier molecular flexibility index (Phi) is 4.97. The second kappa shape index (κ2) is 7.53. The minimum atomic E-state index is 0.148. The molecule has 1 aromatic heterocycles. The summed E-state index contributed by atoms with van der Waals surface area (Å²) in [7, 11) is 0. The predicted octanol–water partition coefficient (Wildman–Crippen LogP) is 2.02. The Morgan fingerprint density at radius 3 is 2.46 bits per heavy atom. The SMILES string of the molecule is CCCn1c(N2CCN(C(=O)N3CCOCC3)CC2)nc2ccccc21. The minimum Gasteiger partial charge on any atom is -0.378 e. The first-order valence-corrected chi connectivity index (χ1v) is 9.59. The molecule has 2 aromatic rings.